The quantitative estimate of drug-likeness (QED) is 0.837. The summed E-state index contributed by atoms with van der Waals surface area (Å²) < 4.78 is 5.52. The average Bonchev–Trinajstić information content (AvgIpc) is 2.78. The van der Waals surface area contributed by atoms with Crippen LogP contribution in [0.15, 0.2) is 4.42 Å². The molecule has 1 aliphatic rings. The molecular formula is C12H21N3O2. The number of hydrogen-bond donors (Lipinski definition) is 1. The first-order valence-corrected chi connectivity index (χ1v) is 6.46. The standard InChI is InChI=1S/C12H21N3O2/c1-2-11-13-14-12(17-11)9-15-6-3-4-10(8-15)5-7-16/h10,16H,2-9H2,1H3. The van der Waals surface area contributed by atoms with Crippen LogP contribution in [-0.2, 0) is 13.0 Å². The third-order valence-corrected chi connectivity index (χ3v) is 3.31. The van der Waals surface area contributed by atoms with Gasteiger partial charge in [0.1, 0.15) is 0 Å². The number of piperidine rings is 1. The lowest BCUT2D eigenvalue weighted by molar-refractivity contribution is 0.133. The van der Waals surface area contributed by atoms with Gasteiger partial charge in [-0.25, -0.2) is 0 Å². The summed E-state index contributed by atoms with van der Waals surface area (Å²) >= 11 is 0. The second kappa shape index (κ2) is 6.12. The van der Waals surface area contributed by atoms with E-state index in [-0.39, 0.29) is 0 Å². The topological polar surface area (TPSA) is 62.4 Å². The number of nitrogens with zero attached hydrogens (tertiary/aromatic N) is 3. The monoisotopic (exact) mass is 239 g/mol. The van der Waals surface area contributed by atoms with Crippen molar-refractivity contribution in [3.05, 3.63) is 11.8 Å². The average molecular weight is 239 g/mol. The smallest absolute Gasteiger partial charge is 0.230 e. The number of hydrogen-bond acceptors (Lipinski definition) is 5. The van der Waals surface area contributed by atoms with E-state index in [0.717, 1.165) is 32.5 Å². The van der Waals surface area contributed by atoms with Gasteiger partial charge in [0, 0.05) is 19.6 Å². The second-order valence-corrected chi connectivity index (χ2v) is 4.70. The van der Waals surface area contributed by atoms with E-state index in [4.69, 9.17) is 9.52 Å². The summed E-state index contributed by atoms with van der Waals surface area (Å²) in [5, 5.41) is 17.0. The molecule has 0 saturated carbocycles. The summed E-state index contributed by atoms with van der Waals surface area (Å²) in [5.74, 6) is 2.04. The Labute approximate surface area is 102 Å². The Bertz CT molecular complexity index is 338. The number of aryl methyl sites for hydroxylation is 1. The lowest BCUT2D eigenvalue weighted by Gasteiger charge is -2.31. The Morgan fingerprint density at radius 1 is 1.41 bits per heavy atom. The SMILES string of the molecule is CCc1nnc(CN2CCCC(CCO)C2)o1. The fraction of sp³-hybridized carbons (Fsp3) is 0.833. The molecule has 2 rings (SSSR count). The maximum atomic E-state index is 8.97. The van der Waals surface area contributed by atoms with Crippen molar-refractivity contribution in [1.82, 2.24) is 15.1 Å². The van der Waals surface area contributed by atoms with E-state index in [1.807, 2.05) is 6.92 Å². The first kappa shape index (κ1) is 12.5. The van der Waals surface area contributed by atoms with Crippen LogP contribution in [0.5, 0.6) is 0 Å². The third-order valence-electron chi connectivity index (χ3n) is 3.31. The molecule has 1 saturated heterocycles. The molecule has 2 heterocycles. The lowest BCUT2D eigenvalue weighted by atomic mass is 9.95. The molecule has 0 aromatic carbocycles. The minimum Gasteiger partial charge on any atom is -0.424 e. The van der Waals surface area contributed by atoms with Gasteiger partial charge >= 0.3 is 0 Å². The van der Waals surface area contributed by atoms with E-state index < -0.39 is 0 Å². The normalized spacial score (nSPS) is 21.9. The van der Waals surface area contributed by atoms with Crippen LogP contribution in [0.3, 0.4) is 0 Å². The maximum Gasteiger partial charge on any atom is 0.230 e. The van der Waals surface area contributed by atoms with Gasteiger partial charge in [-0.3, -0.25) is 4.90 Å². The van der Waals surface area contributed by atoms with Crippen molar-refractivity contribution >= 4 is 0 Å². The highest BCUT2D eigenvalue weighted by Gasteiger charge is 2.21. The molecule has 96 valence electrons. The molecule has 17 heavy (non-hydrogen) atoms. The predicted molar refractivity (Wildman–Crippen MR) is 63.4 cm³/mol. The Balaban J connectivity index is 1.85. The van der Waals surface area contributed by atoms with Crippen LogP contribution >= 0.6 is 0 Å². The fourth-order valence-electron chi connectivity index (χ4n) is 2.40. The molecule has 5 heteroatoms. The minimum absolute atomic E-state index is 0.291. The van der Waals surface area contributed by atoms with Crippen LogP contribution in [0.4, 0.5) is 0 Å². The zero-order valence-corrected chi connectivity index (χ0v) is 10.4. The third kappa shape index (κ3) is 3.51. The van der Waals surface area contributed by atoms with Crippen LogP contribution in [0.2, 0.25) is 0 Å². The molecule has 0 radical (unpaired) electrons. The summed E-state index contributed by atoms with van der Waals surface area (Å²) in [5.41, 5.74) is 0. The summed E-state index contributed by atoms with van der Waals surface area (Å²) in [6.07, 6.45) is 4.11. The summed E-state index contributed by atoms with van der Waals surface area (Å²) in [4.78, 5) is 2.34. The van der Waals surface area contributed by atoms with E-state index in [1.165, 1.54) is 12.8 Å². The molecule has 1 N–H and O–H groups in total. The van der Waals surface area contributed by atoms with Crippen LogP contribution in [0, 0.1) is 5.92 Å². The number of rotatable bonds is 5. The largest absolute Gasteiger partial charge is 0.424 e. The van der Waals surface area contributed by atoms with Gasteiger partial charge in [0.05, 0.1) is 6.54 Å². The number of aliphatic hydroxyl groups excluding tert-OH is 1. The van der Waals surface area contributed by atoms with Crippen LogP contribution < -0.4 is 0 Å². The van der Waals surface area contributed by atoms with Crippen molar-refractivity contribution in [2.24, 2.45) is 5.92 Å². The van der Waals surface area contributed by atoms with Crippen molar-refractivity contribution < 1.29 is 9.52 Å². The van der Waals surface area contributed by atoms with Crippen molar-refractivity contribution in [2.45, 2.75) is 39.2 Å². The highest BCUT2D eigenvalue weighted by atomic mass is 16.4. The minimum atomic E-state index is 0.291. The van der Waals surface area contributed by atoms with E-state index in [0.29, 0.717) is 24.3 Å². The summed E-state index contributed by atoms with van der Waals surface area (Å²) in [6.45, 7) is 5.17. The Kier molecular flexibility index (Phi) is 4.50. The van der Waals surface area contributed by atoms with Gasteiger partial charge < -0.3 is 9.52 Å². The molecular weight excluding hydrogens is 218 g/mol. The summed E-state index contributed by atoms with van der Waals surface area (Å²) in [7, 11) is 0. The van der Waals surface area contributed by atoms with E-state index >= 15 is 0 Å². The molecule has 0 bridgehead atoms. The predicted octanol–water partition coefficient (Wildman–Crippen LogP) is 1.23. The molecule has 1 fully saturated rings. The second-order valence-electron chi connectivity index (χ2n) is 4.70. The number of aromatic nitrogens is 2. The highest BCUT2D eigenvalue weighted by Crippen LogP contribution is 2.20. The zero-order valence-electron chi connectivity index (χ0n) is 10.4. The maximum absolute atomic E-state index is 8.97. The molecule has 1 aromatic rings. The zero-order chi connectivity index (χ0) is 12.1. The molecule has 5 nitrogen and oxygen atoms in total. The Morgan fingerprint density at radius 2 is 2.24 bits per heavy atom. The molecule has 0 spiro atoms. The van der Waals surface area contributed by atoms with Gasteiger partial charge in [-0.2, -0.15) is 0 Å². The first-order valence-electron chi connectivity index (χ1n) is 6.46. The van der Waals surface area contributed by atoms with Gasteiger partial charge in [-0.15, -0.1) is 10.2 Å². The van der Waals surface area contributed by atoms with Gasteiger partial charge in [0.2, 0.25) is 11.8 Å². The highest BCUT2D eigenvalue weighted by molar-refractivity contribution is 4.83. The van der Waals surface area contributed by atoms with E-state index in [1.54, 1.807) is 0 Å². The Morgan fingerprint density at radius 3 is 2.94 bits per heavy atom. The summed E-state index contributed by atoms with van der Waals surface area (Å²) in [6, 6.07) is 0. The fourth-order valence-corrected chi connectivity index (χ4v) is 2.40. The van der Waals surface area contributed by atoms with Crippen LogP contribution in [0.1, 0.15) is 38.0 Å². The number of aliphatic hydroxyl groups is 1. The van der Waals surface area contributed by atoms with Gasteiger partial charge in [0.15, 0.2) is 0 Å². The molecule has 1 atom stereocenters. The van der Waals surface area contributed by atoms with E-state index in [9.17, 15) is 0 Å². The molecule has 0 amide bonds. The van der Waals surface area contributed by atoms with Crippen LogP contribution in [0.25, 0.3) is 0 Å². The first-order chi connectivity index (χ1) is 8.31. The number of likely N-dealkylation sites (tertiary alicyclic amines) is 1. The van der Waals surface area contributed by atoms with Gasteiger partial charge in [-0.1, -0.05) is 6.92 Å². The molecule has 1 unspecified atom stereocenters. The van der Waals surface area contributed by atoms with Crippen molar-refractivity contribution in [1.29, 1.82) is 0 Å². The van der Waals surface area contributed by atoms with Gasteiger partial charge in [-0.05, 0) is 31.7 Å². The van der Waals surface area contributed by atoms with Crippen molar-refractivity contribution in [3.63, 3.8) is 0 Å². The van der Waals surface area contributed by atoms with Crippen molar-refractivity contribution in [3.8, 4) is 0 Å². The van der Waals surface area contributed by atoms with E-state index in [2.05, 4.69) is 15.1 Å². The molecule has 1 aromatic heterocycles. The Hall–Kier alpha value is -0.940. The van der Waals surface area contributed by atoms with Crippen LogP contribution in [-0.4, -0.2) is 39.9 Å². The van der Waals surface area contributed by atoms with Gasteiger partial charge in [0.25, 0.3) is 0 Å². The lowest BCUT2D eigenvalue weighted by Crippen LogP contribution is -2.35. The van der Waals surface area contributed by atoms with Crippen molar-refractivity contribution in [2.75, 3.05) is 19.7 Å². The molecule has 0 aliphatic carbocycles. The molecule has 1 aliphatic heterocycles.